The fraction of sp³-hybridized carbons (Fsp3) is 0.790. The van der Waals surface area contributed by atoms with Crippen LogP contribution in [0.2, 0.25) is 0 Å². The van der Waals surface area contributed by atoms with E-state index in [1.54, 1.807) is 0 Å². The molecule has 0 aliphatic heterocycles. The third-order valence-corrected chi connectivity index (χ3v) is 12.9. The highest BCUT2D eigenvalue weighted by atomic mass is 16.6. The standard InChI is InChI=1S/C62H110O6/c1-4-7-10-13-16-19-22-25-27-29-31-33-34-37-40-43-46-49-52-55-61(64)67-58-59(57-66-60(63)54-51-48-45-42-39-36-24-21-18-15-12-9-6-3)68-62(65)56-53-50-47-44-41-38-35-32-30-28-26-23-20-17-14-11-8-5-2/h9,12,15,18,21,24,29,31,36,39,59H,4-8,10-11,13-14,16-17,19-20,22-23,25-28,30,32-35,37-38,40-58H2,1-3H3/b12-9-,18-15-,24-21-,31-29-,39-36-. The van der Waals surface area contributed by atoms with Crippen LogP contribution in [-0.2, 0) is 28.6 Å². The Labute approximate surface area is 421 Å². The molecule has 0 aromatic rings. The van der Waals surface area contributed by atoms with Crippen LogP contribution in [0.1, 0.15) is 297 Å². The summed E-state index contributed by atoms with van der Waals surface area (Å²) in [6.45, 7) is 6.50. The van der Waals surface area contributed by atoms with Crippen LogP contribution < -0.4 is 0 Å². The molecule has 0 aliphatic carbocycles. The van der Waals surface area contributed by atoms with Gasteiger partial charge in [-0.2, -0.15) is 0 Å². The van der Waals surface area contributed by atoms with Gasteiger partial charge in [0.2, 0.25) is 0 Å². The number of hydrogen-bond acceptors (Lipinski definition) is 6. The molecule has 0 N–H and O–H groups in total. The molecule has 0 saturated carbocycles. The van der Waals surface area contributed by atoms with Crippen molar-refractivity contribution >= 4 is 17.9 Å². The molecular weight excluding hydrogens is 841 g/mol. The lowest BCUT2D eigenvalue weighted by Gasteiger charge is -2.18. The molecule has 0 bridgehead atoms. The van der Waals surface area contributed by atoms with E-state index in [1.165, 1.54) is 186 Å². The van der Waals surface area contributed by atoms with Crippen LogP contribution in [0.3, 0.4) is 0 Å². The number of unbranched alkanes of at least 4 members (excludes halogenated alkanes) is 35. The lowest BCUT2D eigenvalue weighted by molar-refractivity contribution is -0.167. The molecule has 1 unspecified atom stereocenters. The highest BCUT2D eigenvalue weighted by molar-refractivity contribution is 5.71. The second-order valence-electron chi connectivity index (χ2n) is 19.6. The summed E-state index contributed by atoms with van der Waals surface area (Å²) in [5.74, 6) is -0.917. The van der Waals surface area contributed by atoms with Crippen LogP contribution in [0.4, 0.5) is 0 Å². The maximum absolute atomic E-state index is 12.9. The molecule has 0 fully saturated rings. The Morgan fingerprint density at radius 2 is 0.588 bits per heavy atom. The second-order valence-corrected chi connectivity index (χ2v) is 19.6. The van der Waals surface area contributed by atoms with Crippen molar-refractivity contribution in [3.8, 4) is 0 Å². The van der Waals surface area contributed by atoms with Gasteiger partial charge in [-0.25, -0.2) is 0 Å². The van der Waals surface area contributed by atoms with Crippen molar-refractivity contribution in [2.24, 2.45) is 0 Å². The van der Waals surface area contributed by atoms with E-state index in [2.05, 4.69) is 51.2 Å². The molecule has 0 saturated heterocycles. The first kappa shape index (κ1) is 65.1. The Balaban J connectivity index is 4.36. The third kappa shape index (κ3) is 54.1. The van der Waals surface area contributed by atoms with Crippen LogP contribution in [-0.4, -0.2) is 37.2 Å². The zero-order chi connectivity index (χ0) is 49.3. The molecule has 68 heavy (non-hydrogen) atoms. The minimum atomic E-state index is -0.790. The van der Waals surface area contributed by atoms with Crippen LogP contribution in [0.25, 0.3) is 0 Å². The van der Waals surface area contributed by atoms with E-state index in [-0.39, 0.29) is 31.1 Å². The summed E-state index contributed by atoms with van der Waals surface area (Å²) in [6, 6.07) is 0. The number of esters is 3. The zero-order valence-electron chi connectivity index (χ0n) is 45.1. The van der Waals surface area contributed by atoms with E-state index >= 15 is 0 Å². The third-order valence-electron chi connectivity index (χ3n) is 12.9. The number of ether oxygens (including phenoxy) is 3. The zero-order valence-corrected chi connectivity index (χ0v) is 45.1. The van der Waals surface area contributed by atoms with Crippen LogP contribution in [0.5, 0.6) is 0 Å². The fourth-order valence-electron chi connectivity index (χ4n) is 8.45. The van der Waals surface area contributed by atoms with E-state index in [0.717, 1.165) is 70.6 Å². The topological polar surface area (TPSA) is 78.9 Å². The van der Waals surface area contributed by atoms with Gasteiger partial charge in [-0.3, -0.25) is 14.4 Å². The average molecular weight is 952 g/mol. The van der Waals surface area contributed by atoms with Gasteiger partial charge < -0.3 is 14.2 Å². The summed E-state index contributed by atoms with van der Waals surface area (Å²) >= 11 is 0. The molecule has 6 heteroatoms. The Bertz CT molecular complexity index is 1230. The lowest BCUT2D eigenvalue weighted by atomic mass is 10.0. The van der Waals surface area contributed by atoms with Crippen LogP contribution in [0.15, 0.2) is 60.8 Å². The van der Waals surface area contributed by atoms with Crippen molar-refractivity contribution in [2.45, 2.75) is 303 Å². The maximum Gasteiger partial charge on any atom is 0.306 e. The van der Waals surface area contributed by atoms with Gasteiger partial charge in [-0.05, 0) is 64.2 Å². The van der Waals surface area contributed by atoms with Gasteiger partial charge in [0.15, 0.2) is 6.10 Å². The monoisotopic (exact) mass is 951 g/mol. The van der Waals surface area contributed by atoms with Gasteiger partial charge in [0.25, 0.3) is 0 Å². The van der Waals surface area contributed by atoms with E-state index in [9.17, 15) is 14.4 Å². The van der Waals surface area contributed by atoms with Crippen molar-refractivity contribution in [2.75, 3.05) is 13.2 Å². The predicted octanol–water partition coefficient (Wildman–Crippen LogP) is 19.6. The van der Waals surface area contributed by atoms with Gasteiger partial charge in [0.1, 0.15) is 13.2 Å². The van der Waals surface area contributed by atoms with Crippen molar-refractivity contribution in [1.29, 1.82) is 0 Å². The van der Waals surface area contributed by atoms with Crippen molar-refractivity contribution in [3.05, 3.63) is 60.8 Å². The fourth-order valence-corrected chi connectivity index (χ4v) is 8.45. The van der Waals surface area contributed by atoms with Gasteiger partial charge in [-0.1, -0.05) is 274 Å². The molecule has 6 nitrogen and oxygen atoms in total. The van der Waals surface area contributed by atoms with Crippen LogP contribution in [0, 0.1) is 0 Å². The van der Waals surface area contributed by atoms with E-state index in [1.807, 2.05) is 30.4 Å². The number of rotatable bonds is 53. The molecule has 394 valence electrons. The van der Waals surface area contributed by atoms with E-state index < -0.39 is 6.10 Å². The van der Waals surface area contributed by atoms with Crippen LogP contribution >= 0.6 is 0 Å². The molecule has 0 amide bonds. The highest BCUT2D eigenvalue weighted by Crippen LogP contribution is 2.17. The summed E-state index contributed by atoms with van der Waals surface area (Å²) in [5, 5.41) is 0. The average Bonchev–Trinajstić information content (AvgIpc) is 3.34. The molecule has 1 atom stereocenters. The largest absolute Gasteiger partial charge is 0.462 e. The SMILES string of the molecule is CC\C=C/C=C\C=C/C=C\CCCCCC(=O)OCC(COC(=O)CCCCCCCCC/C=C\CCCCCCCCCC)OC(=O)CCCCCCCCCCCCCCCCCCCC. The number of allylic oxidation sites excluding steroid dienone is 10. The number of carbonyl (C=O) groups excluding carboxylic acids is 3. The van der Waals surface area contributed by atoms with Crippen molar-refractivity contribution in [3.63, 3.8) is 0 Å². The molecule has 0 aliphatic rings. The van der Waals surface area contributed by atoms with Gasteiger partial charge in [0.05, 0.1) is 0 Å². The summed E-state index contributed by atoms with van der Waals surface area (Å²) in [5.41, 5.74) is 0. The maximum atomic E-state index is 12.9. The second kappa shape index (κ2) is 56.7. The van der Waals surface area contributed by atoms with Gasteiger partial charge in [0, 0.05) is 19.3 Å². The molecule has 0 spiro atoms. The molecule has 0 aromatic heterocycles. The molecular formula is C62H110O6. The number of carbonyl (C=O) groups is 3. The number of hydrogen-bond donors (Lipinski definition) is 0. The predicted molar refractivity (Wildman–Crippen MR) is 293 cm³/mol. The summed E-state index contributed by atoms with van der Waals surface area (Å²) in [7, 11) is 0. The normalized spacial score (nSPS) is 12.5. The summed E-state index contributed by atoms with van der Waals surface area (Å²) in [4.78, 5) is 38.1. The first-order chi connectivity index (χ1) is 33.5. The van der Waals surface area contributed by atoms with Crippen molar-refractivity contribution < 1.29 is 28.6 Å². The Hall–Kier alpha value is -2.89. The highest BCUT2D eigenvalue weighted by Gasteiger charge is 2.19. The molecule has 0 heterocycles. The smallest absolute Gasteiger partial charge is 0.306 e. The molecule has 0 aromatic carbocycles. The van der Waals surface area contributed by atoms with Crippen molar-refractivity contribution in [1.82, 2.24) is 0 Å². The molecule has 0 radical (unpaired) electrons. The van der Waals surface area contributed by atoms with Gasteiger partial charge >= 0.3 is 17.9 Å². The Morgan fingerprint density at radius 1 is 0.309 bits per heavy atom. The summed E-state index contributed by atoms with van der Waals surface area (Å²) in [6.07, 6.45) is 70.8. The quantitative estimate of drug-likeness (QED) is 0.0199. The van der Waals surface area contributed by atoms with E-state index in [4.69, 9.17) is 14.2 Å². The lowest BCUT2D eigenvalue weighted by Crippen LogP contribution is -2.30. The first-order valence-corrected chi connectivity index (χ1v) is 29.3. The Kier molecular flexibility index (Phi) is 54.3. The molecule has 0 rings (SSSR count). The minimum Gasteiger partial charge on any atom is -0.462 e. The van der Waals surface area contributed by atoms with E-state index in [0.29, 0.717) is 19.3 Å². The minimum absolute atomic E-state index is 0.0867. The summed E-state index contributed by atoms with van der Waals surface area (Å²) < 4.78 is 16.8. The first-order valence-electron chi connectivity index (χ1n) is 29.3. The Morgan fingerprint density at radius 3 is 0.956 bits per heavy atom. The van der Waals surface area contributed by atoms with Gasteiger partial charge in [-0.15, -0.1) is 0 Å².